The number of esters is 1. The molecular weight excluding hydrogens is 218 g/mol. The molecule has 0 aromatic rings. The van der Waals surface area contributed by atoms with Gasteiger partial charge in [0.05, 0.1) is 6.61 Å². The van der Waals surface area contributed by atoms with Crippen molar-refractivity contribution in [2.45, 2.75) is 18.3 Å². The van der Waals surface area contributed by atoms with Gasteiger partial charge in [-0.05, 0) is 22.9 Å². The van der Waals surface area contributed by atoms with E-state index in [9.17, 15) is 14.9 Å². The van der Waals surface area contributed by atoms with E-state index >= 15 is 0 Å². The van der Waals surface area contributed by atoms with Gasteiger partial charge in [-0.1, -0.05) is 0 Å². The van der Waals surface area contributed by atoms with Crippen LogP contribution in [0.1, 0.15) is 13.3 Å². The second kappa shape index (κ2) is 5.06. The molecule has 6 heteroatoms. The minimum Gasteiger partial charge on any atom is -0.466 e. The molecule has 0 aliphatic rings. The molecule has 0 bridgehead atoms. The Kier molecular flexibility index (Phi) is 4.76. The van der Waals surface area contributed by atoms with Gasteiger partial charge in [-0.2, -0.15) is 0 Å². The Hall–Kier alpha value is -0.650. The molecule has 0 saturated carbocycles. The van der Waals surface area contributed by atoms with Gasteiger partial charge >= 0.3 is 5.97 Å². The van der Waals surface area contributed by atoms with Crippen molar-refractivity contribution < 1.29 is 14.5 Å². The van der Waals surface area contributed by atoms with Crippen molar-refractivity contribution in [3.05, 3.63) is 10.1 Å². The quantitative estimate of drug-likeness (QED) is 0.235. The molecule has 0 aliphatic heterocycles. The van der Waals surface area contributed by atoms with E-state index in [0.717, 1.165) is 0 Å². The third-order valence-corrected chi connectivity index (χ3v) is 1.53. The third kappa shape index (κ3) is 4.72. The standard InChI is InChI=1S/C5H8BrNO4/c1-2-11-5(8)3-4(6)7(9)10/h4H,2-3H2,1H3. The topological polar surface area (TPSA) is 69.4 Å². The van der Waals surface area contributed by atoms with Gasteiger partial charge in [-0.25, -0.2) is 0 Å². The Bertz CT molecular complexity index is 161. The molecule has 64 valence electrons. The van der Waals surface area contributed by atoms with Crippen LogP contribution in [0.5, 0.6) is 0 Å². The number of hydrogen-bond donors (Lipinski definition) is 0. The molecule has 0 fully saturated rings. The smallest absolute Gasteiger partial charge is 0.313 e. The Labute approximate surface area is 72.0 Å². The Morgan fingerprint density at radius 1 is 1.82 bits per heavy atom. The maximum Gasteiger partial charge on any atom is 0.313 e. The summed E-state index contributed by atoms with van der Waals surface area (Å²) in [7, 11) is 0. The van der Waals surface area contributed by atoms with E-state index in [4.69, 9.17) is 0 Å². The molecule has 0 aromatic carbocycles. The molecule has 1 unspecified atom stereocenters. The van der Waals surface area contributed by atoms with E-state index in [2.05, 4.69) is 20.7 Å². The number of ether oxygens (including phenoxy) is 1. The molecule has 0 rings (SSSR count). The molecule has 0 spiro atoms. The lowest BCUT2D eigenvalue weighted by Gasteiger charge is -2.01. The normalized spacial score (nSPS) is 12.2. The fourth-order valence-corrected chi connectivity index (χ4v) is 0.696. The fraction of sp³-hybridized carbons (Fsp3) is 0.800. The molecule has 0 aliphatic carbocycles. The molecule has 0 aromatic heterocycles. The van der Waals surface area contributed by atoms with Crippen LogP contribution in [0.4, 0.5) is 0 Å². The van der Waals surface area contributed by atoms with Gasteiger partial charge in [0.15, 0.2) is 0 Å². The largest absolute Gasteiger partial charge is 0.466 e. The van der Waals surface area contributed by atoms with E-state index in [1.54, 1.807) is 6.92 Å². The van der Waals surface area contributed by atoms with Crippen molar-refractivity contribution in [3.63, 3.8) is 0 Å². The second-order valence-corrected chi connectivity index (χ2v) is 2.79. The molecular formula is C5H8BrNO4. The minimum atomic E-state index is -1.04. The van der Waals surface area contributed by atoms with E-state index in [1.807, 2.05) is 0 Å². The van der Waals surface area contributed by atoms with E-state index in [1.165, 1.54) is 0 Å². The van der Waals surface area contributed by atoms with Crippen molar-refractivity contribution in [1.29, 1.82) is 0 Å². The molecule has 5 nitrogen and oxygen atoms in total. The highest BCUT2D eigenvalue weighted by molar-refractivity contribution is 9.09. The zero-order chi connectivity index (χ0) is 8.85. The van der Waals surface area contributed by atoms with Gasteiger partial charge in [-0.3, -0.25) is 14.9 Å². The molecule has 0 heterocycles. The van der Waals surface area contributed by atoms with Crippen LogP contribution in [0.15, 0.2) is 0 Å². The monoisotopic (exact) mass is 225 g/mol. The number of nitro groups is 1. The summed E-state index contributed by atoms with van der Waals surface area (Å²) in [6.45, 7) is 1.89. The van der Waals surface area contributed by atoms with E-state index in [0.29, 0.717) is 0 Å². The van der Waals surface area contributed by atoms with Crippen molar-refractivity contribution >= 4 is 21.9 Å². The summed E-state index contributed by atoms with van der Waals surface area (Å²) < 4.78 is 4.49. The van der Waals surface area contributed by atoms with Gasteiger partial charge in [-0.15, -0.1) is 0 Å². The average molecular weight is 226 g/mol. The van der Waals surface area contributed by atoms with Crippen LogP contribution in [-0.4, -0.2) is 22.5 Å². The summed E-state index contributed by atoms with van der Waals surface area (Å²) in [6, 6.07) is 0. The number of carbonyl (C=O) groups excluding carboxylic acids is 1. The predicted octanol–water partition coefficient (Wildman–Crippen LogP) is 0.937. The van der Waals surface area contributed by atoms with Gasteiger partial charge in [0.1, 0.15) is 6.42 Å². The highest BCUT2D eigenvalue weighted by Crippen LogP contribution is 2.06. The molecule has 0 N–H and O–H groups in total. The van der Waals surface area contributed by atoms with Crippen LogP contribution < -0.4 is 0 Å². The minimum absolute atomic E-state index is 0.235. The Morgan fingerprint density at radius 2 is 2.36 bits per heavy atom. The highest BCUT2D eigenvalue weighted by atomic mass is 79.9. The zero-order valence-electron chi connectivity index (χ0n) is 5.95. The Morgan fingerprint density at radius 3 is 2.73 bits per heavy atom. The lowest BCUT2D eigenvalue weighted by molar-refractivity contribution is -0.491. The van der Waals surface area contributed by atoms with Crippen molar-refractivity contribution in [2.24, 2.45) is 0 Å². The average Bonchev–Trinajstić information content (AvgIpc) is 1.87. The number of hydrogen-bond acceptors (Lipinski definition) is 4. The van der Waals surface area contributed by atoms with Gasteiger partial charge < -0.3 is 4.74 Å². The van der Waals surface area contributed by atoms with Crippen molar-refractivity contribution in [3.8, 4) is 0 Å². The number of rotatable bonds is 4. The first-order chi connectivity index (χ1) is 5.07. The van der Waals surface area contributed by atoms with Gasteiger partial charge in [0.2, 0.25) is 0 Å². The first-order valence-corrected chi connectivity index (χ1v) is 3.92. The summed E-state index contributed by atoms with van der Waals surface area (Å²) in [6.07, 6.45) is -0.235. The number of halogens is 1. The Balaban J connectivity index is 3.66. The summed E-state index contributed by atoms with van der Waals surface area (Å²) in [5.41, 5.74) is 0. The summed E-state index contributed by atoms with van der Waals surface area (Å²) in [5, 5.41) is 9.99. The summed E-state index contributed by atoms with van der Waals surface area (Å²) >= 11 is 2.71. The molecule has 0 radical (unpaired) electrons. The molecule has 1 atom stereocenters. The van der Waals surface area contributed by atoms with Gasteiger partial charge in [0, 0.05) is 4.92 Å². The molecule has 0 saturated heterocycles. The predicted molar refractivity (Wildman–Crippen MR) is 41.0 cm³/mol. The van der Waals surface area contributed by atoms with Gasteiger partial charge in [0.25, 0.3) is 4.95 Å². The van der Waals surface area contributed by atoms with Crippen molar-refractivity contribution in [2.75, 3.05) is 6.61 Å². The van der Waals surface area contributed by atoms with Crippen LogP contribution in [0.25, 0.3) is 0 Å². The first kappa shape index (κ1) is 10.3. The van der Waals surface area contributed by atoms with Crippen LogP contribution in [0.3, 0.4) is 0 Å². The SMILES string of the molecule is CCOC(=O)CC(Br)[N+](=O)[O-]. The van der Waals surface area contributed by atoms with E-state index < -0.39 is 15.8 Å². The van der Waals surface area contributed by atoms with E-state index in [-0.39, 0.29) is 13.0 Å². The van der Waals surface area contributed by atoms with Crippen molar-refractivity contribution in [1.82, 2.24) is 0 Å². The second-order valence-electron chi connectivity index (χ2n) is 1.73. The summed E-state index contributed by atoms with van der Waals surface area (Å²) in [5.74, 6) is -0.564. The maximum atomic E-state index is 10.6. The van der Waals surface area contributed by atoms with Crippen LogP contribution in [0, 0.1) is 10.1 Å². The lowest BCUT2D eigenvalue weighted by atomic mass is 10.4. The molecule has 0 amide bonds. The van der Waals surface area contributed by atoms with Crippen LogP contribution >= 0.6 is 15.9 Å². The maximum absolute atomic E-state index is 10.6. The highest BCUT2D eigenvalue weighted by Gasteiger charge is 2.20. The fourth-order valence-electron chi connectivity index (χ4n) is 0.432. The van der Waals surface area contributed by atoms with Crippen LogP contribution in [0.2, 0.25) is 0 Å². The molecule has 11 heavy (non-hydrogen) atoms. The zero-order valence-corrected chi connectivity index (χ0v) is 7.54. The number of alkyl halides is 1. The van der Waals surface area contributed by atoms with Crippen LogP contribution in [-0.2, 0) is 9.53 Å². The summed E-state index contributed by atoms with van der Waals surface area (Å²) in [4.78, 5) is 19.0. The number of carbonyl (C=O) groups is 1. The first-order valence-electron chi connectivity index (χ1n) is 3.01. The number of nitrogens with zero attached hydrogens (tertiary/aromatic N) is 1. The lowest BCUT2D eigenvalue weighted by Crippen LogP contribution is -2.18. The third-order valence-electron chi connectivity index (χ3n) is 0.869.